The molecule has 0 spiro atoms. The molecule has 4 unspecified atom stereocenters. The Morgan fingerprint density at radius 1 is 0.404 bits per heavy atom. The standard InChI is InChI=1S/3C6H5BrO.6ClH.H3NO.14O.6Sb/c3*7-5-1-3-6(8)4-2-5;;;;;;;1-2;;;;;;;;;;;;;;;;;;;;/h3*1-4,8H;6*1H;1H3;;;;;;;;;;;;;;;;;;;;/q;;;;;;;;;;;;;;;;8*-1;2*+1;4*+2/p-9. The summed E-state index contributed by atoms with van der Waals surface area (Å²) in [5.74, 6) is 3.31. The third-order valence-corrected chi connectivity index (χ3v) is 11.4. The molecule has 300 valence electrons. The van der Waals surface area contributed by atoms with Crippen LogP contribution in [0.4, 0.5) is 0 Å². The van der Waals surface area contributed by atoms with Gasteiger partial charge in [0, 0.05) is 0 Å². The Hall–Kier alpha value is 3.55. The predicted molar refractivity (Wildman–Crippen MR) is 182 cm³/mol. The van der Waals surface area contributed by atoms with Crippen LogP contribution in [0, 0.1) is 0 Å². The maximum absolute atomic E-state index is 10.5. The molecule has 19 nitrogen and oxygen atoms in total. The molecule has 0 aliphatic rings. The van der Waals surface area contributed by atoms with Gasteiger partial charge in [-0.25, -0.2) is 0 Å². The molecule has 0 heterocycles. The van der Waals surface area contributed by atoms with E-state index in [4.69, 9.17) is 46.1 Å². The third-order valence-electron chi connectivity index (χ3n) is 3.24. The molecule has 3 aromatic rings. The second kappa shape index (κ2) is 28.9. The molecule has 3 N–H and O–H groups in total. The van der Waals surface area contributed by atoms with E-state index in [-0.39, 0.29) is 17.2 Å². The molecule has 0 fully saturated rings. The first-order chi connectivity index (χ1) is 23.0. The van der Waals surface area contributed by atoms with Gasteiger partial charge in [0.15, 0.2) is 0 Å². The van der Waals surface area contributed by atoms with E-state index in [0.29, 0.717) is 0 Å². The van der Waals surface area contributed by atoms with E-state index in [1.54, 1.807) is 36.4 Å². The molecule has 3 aromatic carbocycles. The molecule has 0 bridgehead atoms. The minimum absolute atomic E-state index is 0.240. The van der Waals surface area contributed by atoms with Gasteiger partial charge in [0.2, 0.25) is 0 Å². The fourth-order valence-electron chi connectivity index (χ4n) is 1.86. The molecule has 0 aromatic heterocycles. The van der Waals surface area contributed by atoms with E-state index in [1.807, 2.05) is 0 Å². The van der Waals surface area contributed by atoms with E-state index >= 15 is 0 Å². The van der Waals surface area contributed by atoms with Crippen LogP contribution in [0.25, 0.3) is 0 Å². The van der Waals surface area contributed by atoms with Crippen LogP contribution in [0.3, 0.4) is 0 Å². The number of rotatable bonds is 7. The molecule has 0 amide bonds. The molecule has 52 heavy (non-hydrogen) atoms. The Kier molecular flexibility index (Phi) is 33.3. The van der Waals surface area contributed by atoms with Crippen molar-refractivity contribution in [3.63, 3.8) is 0 Å². The van der Waals surface area contributed by atoms with Crippen molar-refractivity contribution in [3.8, 4) is 17.2 Å². The molecule has 0 aliphatic carbocycles. The van der Waals surface area contributed by atoms with Crippen molar-refractivity contribution in [2.24, 2.45) is 0 Å². The van der Waals surface area contributed by atoms with Crippen LogP contribution >= 0.6 is 101 Å². The molecule has 34 heteroatoms. The van der Waals surface area contributed by atoms with Crippen LogP contribution in [0.2, 0.25) is 0 Å². The summed E-state index contributed by atoms with van der Waals surface area (Å²) in [6.07, 6.45) is 0. The molecule has 0 saturated carbocycles. The van der Waals surface area contributed by atoms with Crippen molar-refractivity contribution < 1.29 is 63.2 Å². The Bertz CT molecular complexity index is 1560. The van der Waals surface area contributed by atoms with Crippen LogP contribution < -0.4 is 42.0 Å². The van der Waals surface area contributed by atoms with Gasteiger partial charge < -0.3 is 0 Å². The fraction of sp³-hybridized carbons (Fsp3) is 0. The van der Waals surface area contributed by atoms with Gasteiger partial charge in [0.05, 0.1) is 0 Å². The summed E-state index contributed by atoms with van der Waals surface area (Å²) in [4.78, 5) is 0. The summed E-state index contributed by atoms with van der Waals surface area (Å²) >= 11 is -21.1. The van der Waals surface area contributed by atoms with Gasteiger partial charge in [-0.1, -0.05) is 0 Å². The Morgan fingerprint density at radius 2 is 0.538 bits per heavy atom. The summed E-state index contributed by atoms with van der Waals surface area (Å²) in [5.41, 5.74) is 0. The van der Waals surface area contributed by atoms with Crippen LogP contribution in [-0.2, 0) is 21.2 Å². The molecule has 4 atom stereocenters. The van der Waals surface area contributed by atoms with Crippen LogP contribution in [0.15, 0.2) is 86.2 Å². The van der Waals surface area contributed by atoms with E-state index < -0.39 is 111 Å². The molecule has 0 saturated heterocycles. The van der Waals surface area contributed by atoms with Gasteiger partial charge in [-0.2, -0.15) is 0 Å². The maximum atomic E-state index is 10.5. The quantitative estimate of drug-likeness (QED) is 0.183. The van der Waals surface area contributed by atoms with Crippen molar-refractivity contribution >= 4 is 212 Å². The molecular formula is C18H15Br3Cl6NO18Sb6-7. The van der Waals surface area contributed by atoms with Crippen LogP contribution in [0.5, 0.6) is 17.2 Å². The fourth-order valence-corrected chi connectivity index (χ4v) is 7.46. The van der Waals surface area contributed by atoms with E-state index in [9.17, 15) is 25.6 Å². The SMILES string of the molecule is [NH3+][O][Sb](=[O])([O-])[Cl].[O]=[Sb]([O-])([Cl])[O]c1ccc(Br)cc1.[O]=[Sb]([O-])([Cl])[O]c1ccc(Br)cc1.[O]=[Sb]([O-])([Cl])[O]c1ccc(Br)cc1.[O]=[Sb]([O-])([O-])[Cl].[O]=[Sb]([O-])([O-])[Cl]. The number of quaternary nitrogens is 1. The van der Waals surface area contributed by atoms with Gasteiger partial charge in [0.1, 0.15) is 0 Å². The average molecular weight is 1720 g/mol. The zero-order valence-electron chi connectivity index (χ0n) is 24.1. The first kappa shape index (κ1) is 59.9. The second-order valence-corrected chi connectivity index (χ2v) is 43.8. The topological polar surface area (TPSA) is 351 Å². The number of benzene rings is 3. The summed E-state index contributed by atoms with van der Waals surface area (Å²) in [7, 11) is 27.5. The minimum atomic E-state index is -5.38. The first-order valence-electron chi connectivity index (χ1n) is 11.2. The van der Waals surface area contributed by atoms with Crippen molar-refractivity contribution in [1.82, 2.24) is 0 Å². The number of hydrogen-bond acceptors (Lipinski definition) is 18. The van der Waals surface area contributed by atoms with Crippen molar-refractivity contribution in [3.05, 3.63) is 86.2 Å². The average Bonchev–Trinajstić information content (AvgIpc) is 2.89. The third kappa shape index (κ3) is 55.6. The van der Waals surface area contributed by atoms with Gasteiger partial charge in [0.25, 0.3) is 0 Å². The van der Waals surface area contributed by atoms with Gasteiger partial charge >= 0.3 is 378 Å². The normalized spacial score (nSPS) is 15.1. The van der Waals surface area contributed by atoms with Gasteiger partial charge in [-0.3, -0.25) is 0 Å². The van der Waals surface area contributed by atoms with Crippen molar-refractivity contribution in [2.75, 3.05) is 0 Å². The summed E-state index contributed by atoms with van der Waals surface area (Å²) in [5, 5.41) is 0. The number of hydrogen-bond donors (Lipinski definition) is 1. The zero-order valence-corrected chi connectivity index (χ0v) is 48.7. The predicted octanol–water partition coefficient (Wildman–Crippen LogP) is -2.87. The Morgan fingerprint density at radius 3 is 0.635 bits per heavy atom. The Balaban J connectivity index is -0.000000578. The number of halogens is 9. The monoisotopic (exact) mass is 1710 g/mol. The molecule has 0 radical (unpaired) electrons. The van der Waals surface area contributed by atoms with E-state index in [1.165, 1.54) is 36.4 Å². The van der Waals surface area contributed by atoms with Gasteiger partial charge in [-0.15, -0.1) is 0 Å². The van der Waals surface area contributed by atoms with Crippen molar-refractivity contribution in [2.45, 2.75) is 0 Å². The molecule has 3 rings (SSSR count). The first-order valence-corrected chi connectivity index (χ1v) is 51.8. The van der Waals surface area contributed by atoms with E-state index in [0.717, 1.165) is 13.4 Å². The zero-order chi connectivity index (χ0) is 41.8. The van der Waals surface area contributed by atoms with Gasteiger partial charge in [-0.05, 0) is 0 Å². The molecule has 0 aliphatic heterocycles. The van der Waals surface area contributed by atoms with Crippen molar-refractivity contribution in [1.29, 1.82) is 0 Å². The van der Waals surface area contributed by atoms with Crippen LogP contribution in [-0.4, -0.2) is 111 Å². The molecular weight excluding hydrogens is 1700 g/mol. The second-order valence-electron chi connectivity index (χ2n) is 7.35. The van der Waals surface area contributed by atoms with E-state index in [2.05, 4.69) is 92.3 Å². The Labute approximate surface area is 371 Å². The summed E-state index contributed by atoms with van der Waals surface area (Å²) in [6, 6.07) is 19.1. The van der Waals surface area contributed by atoms with Crippen LogP contribution in [0.1, 0.15) is 0 Å². The summed E-state index contributed by atoms with van der Waals surface area (Å²) < 4.78 is 156. The summed E-state index contributed by atoms with van der Waals surface area (Å²) in [6.45, 7) is 0.